The number of hydrogen-bond acceptors (Lipinski definition) is 5. The molecule has 0 aliphatic carbocycles. The van der Waals surface area contributed by atoms with Crippen LogP contribution in [0.15, 0.2) is 78.9 Å². The van der Waals surface area contributed by atoms with Gasteiger partial charge in [0.25, 0.3) is 0 Å². The molecule has 1 atom stereocenters. The Balaban J connectivity index is 1.72. The van der Waals surface area contributed by atoms with Gasteiger partial charge in [-0.2, -0.15) is 0 Å². The van der Waals surface area contributed by atoms with Gasteiger partial charge in [-0.3, -0.25) is 0 Å². The van der Waals surface area contributed by atoms with Crippen LogP contribution in [0.2, 0.25) is 0 Å². The lowest BCUT2D eigenvalue weighted by molar-refractivity contribution is -0.147. The lowest BCUT2D eigenvalue weighted by Crippen LogP contribution is -2.45. The summed E-state index contributed by atoms with van der Waals surface area (Å²) >= 11 is 0. The molecule has 3 aromatic rings. The molecular weight excluding hydrogens is 440 g/mol. The first-order chi connectivity index (χ1) is 16.7. The van der Waals surface area contributed by atoms with Crippen molar-refractivity contribution in [2.45, 2.75) is 52.0 Å². The molecule has 0 saturated heterocycles. The highest BCUT2D eigenvalue weighted by Gasteiger charge is 2.26. The summed E-state index contributed by atoms with van der Waals surface area (Å²) in [6.45, 7) is 6.27. The van der Waals surface area contributed by atoms with Crippen molar-refractivity contribution in [3.63, 3.8) is 0 Å². The summed E-state index contributed by atoms with van der Waals surface area (Å²) in [6, 6.07) is 24.9. The SMILES string of the molecule is CNCc1cccc(-c2ccc(CC(NC(=O)OC(C)(C)C)C(=O)OCc3ccccc3)cc2)c1. The van der Waals surface area contributed by atoms with Crippen molar-refractivity contribution in [1.82, 2.24) is 10.6 Å². The van der Waals surface area contributed by atoms with Crippen LogP contribution in [0.3, 0.4) is 0 Å². The number of benzene rings is 3. The minimum Gasteiger partial charge on any atom is -0.459 e. The van der Waals surface area contributed by atoms with E-state index in [0.29, 0.717) is 0 Å². The van der Waals surface area contributed by atoms with E-state index in [1.165, 1.54) is 5.56 Å². The molecule has 0 radical (unpaired) electrons. The van der Waals surface area contributed by atoms with Gasteiger partial charge in [0.05, 0.1) is 0 Å². The molecule has 0 aliphatic heterocycles. The van der Waals surface area contributed by atoms with E-state index < -0.39 is 23.7 Å². The summed E-state index contributed by atoms with van der Waals surface area (Å²) in [5.74, 6) is -0.511. The zero-order valence-electron chi connectivity index (χ0n) is 20.8. The summed E-state index contributed by atoms with van der Waals surface area (Å²) in [7, 11) is 1.92. The predicted molar refractivity (Wildman–Crippen MR) is 138 cm³/mol. The number of carbonyl (C=O) groups is 2. The van der Waals surface area contributed by atoms with Gasteiger partial charge < -0.3 is 20.1 Å². The molecule has 0 bridgehead atoms. The molecule has 3 rings (SSSR count). The fourth-order valence-electron chi connectivity index (χ4n) is 3.61. The van der Waals surface area contributed by atoms with Crippen LogP contribution < -0.4 is 10.6 Å². The first-order valence-electron chi connectivity index (χ1n) is 11.8. The van der Waals surface area contributed by atoms with Gasteiger partial charge in [-0.1, -0.05) is 72.8 Å². The molecule has 35 heavy (non-hydrogen) atoms. The van der Waals surface area contributed by atoms with Crippen molar-refractivity contribution in [1.29, 1.82) is 0 Å². The van der Waals surface area contributed by atoms with Gasteiger partial charge in [0.2, 0.25) is 0 Å². The second-order valence-corrected chi connectivity index (χ2v) is 9.42. The molecule has 0 aliphatic rings. The number of hydrogen-bond donors (Lipinski definition) is 2. The van der Waals surface area contributed by atoms with Gasteiger partial charge in [0.1, 0.15) is 18.2 Å². The second-order valence-electron chi connectivity index (χ2n) is 9.42. The molecule has 0 fully saturated rings. The van der Waals surface area contributed by atoms with E-state index in [1.54, 1.807) is 20.8 Å². The lowest BCUT2D eigenvalue weighted by Gasteiger charge is -2.23. The number of amides is 1. The van der Waals surface area contributed by atoms with Crippen molar-refractivity contribution in [3.8, 4) is 11.1 Å². The Morgan fingerprint density at radius 2 is 1.51 bits per heavy atom. The molecule has 2 N–H and O–H groups in total. The van der Waals surface area contributed by atoms with Gasteiger partial charge in [-0.15, -0.1) is 0 Å². The summed E-state index contributed by atoms with van der Waals surface area (Å²) in [5, 5.41) is 5.85. The standard InChI is InChI=1S/C29H34N2O4/c1-29(2,3)35-28(33)31-26(27(32)34-20-22-9-6-5-7-10-22)18-21-13-15-24(16-14-21)25-12-8-11-23(17-25)19-30-4/h5-17,26,30H,18-20H2,1-4H3,(H,31,33). The third kappa shape index (κ3) is 8.58. The Labute approximate surface area is 207 Å². The van der Waals surface area contributed by atoms with Crippen LogP contribution >= 0.6 is 0 Å². The van der Waals surface area contributed by atoms with Crippen LogP contribution in [0.25, 0.3) is 11.1 Å². The highest BCUT2D eigenvalue weighted by molar-refractivity contribution is 5.82. The zero-order chi connectivity index (χ0) is 25.3. The molecule has 0 heterocycles. The van der Waals surface area contributed by atoms with E-state index in [4.69, 9.17) is 9.47 Å². The molecule has 6 heteroatoms. The van der Waals surface area contributed by atoms with E-state index in [-0.39, 0.29) is 13.0 Å². The topological polar surface area (TPSA) is 76.7 Å². The highest BCUT2D eigenvalue weighted by Crippen LogP contribution is 2.22. The highest BCUT2D eigenvalue weighted by atomic mass is 16.6. The maximum Gasteiger partial charge on any atom is 0.408 e. The molecule has 1 unspecified atom stereocenters. The smallest absolute Gasteiger partial charge is 0.408 e. The maximum atomic E-state index is 12.9. The van der Waals surface area contributed by atoms with Crippen LogP contribution in [-0.4, -0.2) is 30.8 Å². The molecule has 6 nitrogen and oxygen atoms in total. The summed E-state index contributed by atoms with van der Waals surface area (Å²) in [4.78, 5) is 25.3. The van der Waals surface area contributed by atoms with E-state index >= 15 is 0 Å². The number of ether oxygens (including phenoxy) is 2. The monoisotopic (exact) mass is 474 g/mol. The zero-order valence-corrected chi connectivity index (χ0v) is 20.8. The molecular formula is C29H34N2O4. The number of esters is 1. The molecule has 0 aromatic heterocycles. The van der Waals surface area contributed by atoms with Crippen LogP contribution in [0.1, 0.15) is 37.5 Å². The molecule has 0 saturated carbocycles. The first kappa shape index (κ1) is 26.0. The number of nitrogens with one attached hydrogen (secondary N) is 2. The quantitative estimate of drug-likeness (QED) is 0.414. The fourth-order valence-corrected chi connectivity index (χ4v) is 3.61. The van der Waals surface area contributed by atoms with Crippen molar-refractivity contribution >= 4 is 12.1 Å². The lowest BCUT2D eigenvalue weighted by atomic mass is 9.99. The molecule has 3 aromatic carbocycles. The van der Waals surface area contributed by atoms with Gasteiger partial charge in [-0.05, 0) is 61.7 Å². The minimum absolute atomic E-state index is 0.133. The first-order valence-corrected chi connectivity index (χ1v) is 11.8. The third-order valence-corrected chi connectivity index (χ3v) is 5.23. The van der Waals surface area contributed by atoms with Crippen LogP contribution in [0.5, 0.6) is 0 Å². The number of carbonyl (C=O) groups excluding carboxylic acids is 2. The molecule has 1 amide bonds. The normalized spacial score (nSPS) is 12.0. The van der Waals surface area contributed by atoms with Gasteiger partial charge in [0.15, 0.2) is 0 Å². The Morgan fingerprint density at radius 1 is 0.829 bits per heavy atom. The van der Waals surface area contributed by atoms with Crippen LogP contribution in [-0.2, 0) is 33.8 Å². The molecule has 184 valence electrons. The second kappa shape index (κ2) is 12.2. The summed E-state index contributed by atoms with van der Waals surface area (Å²) in [5.41, 5.74) is 4.51. The van der Waals surface area contributed by atoms with Crippen molar-refractivity contribution in [2.75, 3.05) is 7.05 Å². The Morgan fingerprint density at radius 3 is 2.17 bits per heavy atom. The average molecular weight is 475 g/mol. The maximum absolute atomic E-state index is 12.9. The number of rotatable bonds is 9. The minimum atomic E-state index is -0.877. The average Bonchev–Trinajstić information content (AvgIpc) is 2.82. The fraction of sp³-hybridized carbons (Fsp3) is 0.310. The summed E-state index contributed by atoms with van der Waals surface area (Å²) in [6.07, 6.45) is -0.371. The van der Waals surface area contributed by atoms with Crippen molar-refractivity contribution in [2.24, 2.45) is 0 Å². The third-order valence-electron chi connectivity index (χ3n) is 5.23. The van der Waals surface area contributed by atoms with E-state index in [9.17, 15) is 9.59 Å². The van der Waals surface area contributed by atoms with E-state index in [2.05, 4.69) is 28.8 Å². The van der Waals surface area contributed by atoms with Gasteiger partial charge in [-0.25, -0.2) is 9.59 Å². The number of alkyl carbamates (subject to hydrolysis) is 1. The van der Waals surface area contributed by atoms with Crippen molar-refractivity contribution < 1.29 is 19.1 Å². The van der Waals surface area contributed by atoms with Crippen molar-refractivity contribution in [3.05, 3.63) is 95.6 Å². The van der Waals surface area contributed by atoms with E-state index in [1.807, 2.05) is 67.7 Å². The predicted octanol–water partition coefficient (Wildman–Crippen LogP) is 5.25. The Kier molecular flexibility index (Phi) is 9.04. The van der Waals surface area contributed by atoms with Gasteiger partial charge in [0, 0.05) is 13.0 Å². The van der Waals surface area contributed by atoms with Gasteiger partial charge >= 0.3 is 12.1 Å². The van der Waals surface area contributed by atoms with Crippen LogP contribution in [0.4, 0.5) is 4.79 Å². The largest absolute Gasteiger partial charge is 0.459 e. The summed E-state index contributed by atoms with van der Waals surface area (Å²) < 4.78 is 10.9. The molecule has 0 spiro atoms. The van der Waals surface area contributed by atoms with E-state index in [0.717, 1.165) is 28.8 Å². The Hall–Kier alpha value is -3.64. The Bertz CT molecular complexity index is 1110. The van der Waals surface area contributed by atoms with Crippen LogP contribution in [0, 0.1) is 0 Å².